The van der Waals surface area contributed by atoms with E-state index in [4.69, 9.17) is 4.74 Å². The van der Waals surface area contributed by atoms with Gasteiger partial charge in [0, 0.05) is 12.6 Å². The zero-order valence-corrected chi connectivity index (χ0v) is 17.0. The summed E-state index contributed by atoms with van der Waals surface area (Å²) in [6, 6.07) is 18.9. The number of rotatable bonds is 4. The molecule has 1 unspecified atom stereocenters. The van der Waals surface area contributed by atoms with Gasteiger partial charge in [-0.25, -0.2) is 4.79 Å². The molecule has 1 N–H and O–H groups in total. The van der Waals surface area contributed by atoms with Crippen LogP contribution in [0.3, 0.4) is 0 Å². The second-order valence-corrected chi connectivity index (χ2v) is 6.89. The fourth-order valence-corrected chi connectivity index (χ4v) is 3.44. The van der Waals surface area contributed by atoms with Gasteiger partial charge in [-0.3, -0.25) is 14.8 Å². The van der Waals surface area contributed by atoms with Gasteiger partial charge in [0.2, 0.25) is 0 Å². The molecule has 0 bridgehead atoms. The monoisotopic (exact) mass is 413 g/mol. The summed E-state index contributed by atoms with van der Waals surface area (Å²) in [4.78, 5) is 22.8. The van der Waals surface area contributed by atoms with Crippen LogP contribution in [0.1, 0.15) is 24.2 Å². The highest BCUT2D eigenvalue weighted by Gasteiger charge is 2.17. The molecule has 154 valence electrons. The van der Waals surface area contributed by atoms with Gasteiger partial charge < -0.3 is 9.47 Å². The van der Waals surface area contributed by atoms with Crippen LogP contribution in [0.5, 0.6) is 0 Å². The Morgan fingerprint density at radius 3 is 2.74 bits per heavy atom. The van der Waals surface area contributed by atoms with Crippen molar-refractivity contribution in [1.29, 1.82) is 0 Å². The molecule has 3 aromatic carbocycles. The number of aromatic nitrogens is 2. The molecule has 0 aliphatic rings. The first-order valence-corrected chi connectivity index (χ1v) is 9.59. The fourth-order valence-electron chi connectivity index (χ4n) is 3.44. The molecule has 1 aromatic heterocycles. The number of nitrogens with zero attached hydrogens (tertiary/aromatic N) is 2. The Hall–Kier alpha value is -4.31. The number of carbonyl (C=O) groups excluding carboxylic acids is 2. The number of anilines is 1. The van der Waals surface area contributed by atoms with Crippen molar-refractivity contribution in [3.05, 3.63) is 71.8 Å². The Balaban J connectivity index is 1.65. The third kappa shape index (κ3) is 4.19. The molecule has 1 amide bonds. The topological polar surface area (TPSA) is 82.4 Å². The van der Waals surface area contributed by atoms with Crippen LogP contribution in [0.25, 0.3) is 21.7 Å². The molecule has 31 heavy (non-hydrogen) atoms. The Kier molecular flexibility index (Phi) is 5.54. The molecule has 4 aromatic rings. The lowest BCUT2D eigenvalue weighted by Gasteiger charge is -2.14. The molecule has 0 fully saturated rings. The van der Waals surface area contributed by atoms with Crippen LogP contribution in [-0.2, 0) is 21.3 Å². The molecule has 7 heteroatoms. The van der Waals surface area contributed by atoms with Gasteiger partial charge in [-0.1, -0.05) is 42.5 Å². The third-order valence-electron chi connectivity index (χ3n) is 4.89. The van der Waals surface area contributed by atoms with E-state index in [0.717, 1.165) is 27.2 Å². The standard InChI is InChI=1S/C24H19N3O4/c1-16(18-6-4-3-5-7-18)31-24(29)25-23-22-20-10-8-17(12-13-30-15-28)14-19(20)9-11-21(22)26-27(23)2/h3-11,14-16H,1-2H3,(H,25,29). The van der Waals surface area contributed by atoms with E-state index in [1.807, 2.05) is 67.6 Å². The van der Waals surface area contributed by atoms with Gasteiger partial charge in [0.25, 0.3) is 0 Å². The Labute approximate surface area is 178 Å². The second-order valence-electron chi connectivity index (χ2n) is 6.89. The molecular formula is C24H19N3O4. The number of ether oxygens (including phenoxy) is 2. The SMILES string of the molecule is CC(OC(=O)Nc1c2c(ccc3cc(C#COC=O)ccc32)nn1C)c1ccccc1. The van der Waals surface area contributed by atoms with Crippen molar-refractivity contribution in [1.82, 2.24) is 9.78 Å². The minimum absolute atomic E-state index is 0.281. The van der Waals surface area contributed by atoms with Crippen LogP contribution in [0.2, 0.25) is 0 Å². The first-order chi connectivity index (χ1) is 15.1. The molecule has 0 spiro atoms. The largest absolute Gasteiger partial charge is 0.441 e. The van der Waals surface area contributed by atoms with Crippen molar-refractivity contribution in [2.75, 3.05) is 5.32 Å². The summed E-state index contributed by atoms with van der Waals surface area (Å²) in [5, 5.41) is 9.94. The number of hydrogen-bond donors (Lipinski definition) is 1. The van der Waals surface area contributed by atoms with Crippen LogP contribution in [0.4, 0.5) is 10.6 Å². The summed E-state index contributed by atoms with van der Waals surface area (Å²) in [5.74, 6) is 3.30. The number of benzene rings is 3. The van der Waals surface area contributed by atoms with E-state index < -0.39 is 12.2 Å². The molecular weight excluding hydrogens is 394 g/mol. The highest BCUT2D eigenvalue weighted by atomic mass is 16.6. The summed E-state index contributed by atoms with van der Waals surface area (Å²) in [6.45, 7) is 2.10. The minimum atomic E-state index is -0.563. The zero-order valence-electron chi connectivity index (χ0n) is 17.0. The summed E-state index contributed by atoms with van der Waals surface area (Å²) in [7, 11) is 1.76. The zero-order chi connectivity index (χ0) is 21.8. The molecule has 0 aliphatic carbocycles. The maximum Gasteiger partial charge on any atom is 0.413 e. The normalized spacial score (nSPS) is 11.4. The van der Waals surface area contributed by atoms with Crippen molar-refractivity contribution in [3.8, 4) is 12.0 Å². The van der Waals surface area contributed by atoms with Crippen molar-refractivity contribution in [2.24, 2.45) is 7.05 Å². The second kappa shape index (κ2) is 8.59. The predicted octanol–water partition coefficient (Wildman–Crippen LogP) is 4.52. The highest BCUT2D eigenvalue weighted by molar-refractivity contribution is 6.13. The number of carbonyl (C=O) groups is 2. The molecule has 0 radical (unpaired) electrons. The molecule has 0 saturated carbocycles. The van der Waals surface area contributed by atoms with Crippen molar-refractivity contribution in [2.45, 2.75) is 13.0 Å². The quantitative estimate of drug-likeness (QED) is 0.393. The molecule has 0 aliphatic heterocycles. The smallest absolute Gasteiger partial charge is 0.413 e. The number of aryl methyl sites for hydroxylation is 1. The van der Waals surface area contributed by atoms with E-state index >= 15 is 0 Å². The van der Waals surface area contributed by atoms with Gasteiger partial charge in [0.1, 0.15) is 18.0 Å². The van der Waals surface area contributed by atoms with Gasteiger partial charge in [-0.2, -0.15) is 5.10 Å². The predicted molar refractivity (Wildman–Crippen MR) is 117 cm³/mol. The van der Waals surface area contributed by atoms with E-state index in [1.165, 1.54) is 0 Å². The third-order valence-corrected chi connectivity index (χ3v) is 4.89. The average molecular weight is 413 g/mol. The Morgan fingerprint density at radius 1 is 1.16 bits per heavy atom. The first-order valence-electron chi connectivity index (χ1n) is 9.59. The van der Waals surface area contributed by atoms with Crippen LogP contribution in [-0.4, -0.2) is 22.3 Å². The molecule has 1 heterocycles. The van der Waals surface area contributed by atoms with Gasteiger partial charge >= 0.3 is 12.6 Å². The lowest BCUT2D eigenvalue weighted by molar-refractivity contribution is -0.122. The maximum atomic E-state index is 12.6. The number of fused-ring (bicyclic) bond motifs is 3. The van der Waals surface area contributed by atoms with Crippen LogP contribution < -0.4 is 5.32 Å². The van der Waals surface area contributed by atoms with Gasteiger partial charge in [0.05, 0.1) is 10.9 Å². The minimum Gasteiger partial charge on any atom is -0.441 e. The van der Waals surface area contributed by atoms with E-state index in [-0.39, 0.29) is 6.47 Å². The van der Waals surface area contributed by atoms with E-state index in [9.17, 15) is 9.59 Å². The summed E-state index contributed by atoms with van der Waals surface area (Å²) in [5.41, 5.74) is 2.35. The summed E-state index contributed by atoms with van der Waals surface area (Å²) >= 11 is 0. The highest BCUT2D eigenvalue weighted by Crippen LogP contribution is 2.32. The molecule has 7 nitrogen and oxygen atoms in total. The molecule has 4 rings (SSSR count). The van der Waals surface area contributed by atoms with E-state index in [0.29, 0.717) is 11.4 Å². The Bertz CT molecular complexity index is 1330. The summed E-state index contributed by atoms with van der Waals surface area (Å²) in [6.07, 6.45) is 1.36. The van der Waals surface area contributed by atoms with Gasteiger partial charge in [-0.05, 0) is 47.4 Å². The van der Waals surface area contributed by atoms with Gasteiger partial charge in [-0.15, -0.1) is 0 Å². The van der Waals surface area contributed by atoms with Crippen molar-refractivity contribution in [3.63, 3.8) is 0 Å². The number of hydrogen-bond acceptors (Lipinski definition) is 5. The fraction of sp³-hybridized carbons (Fsp3) is 0.125. The van der Waals surface area contributed by atoms with Crippen LogP contribution >= 0.6 is 0 Å². The van der Waals surface area contributed by atoms with Crippen molar-refractivity contribution < 1.29 is 19.1 Å². The molecule has 1 atom stereocenters. The van der Waals surface area contributed by atoms with Gasteiger partial charge in [0.15, 0.2) is 0 Å². The number of nitrogens with one attached hydrogen (secondary N) is 1. The Morgan fingerprint density at radius 2 is 1.97 bits per heavy atom. The van der Waals surface area contributed by atoms with E-state index in [2.05, 4.69) is 27.2 Å². The van der Waals surface area contributed by atoms with E-state index in [1.54, 1.807) is 11.7 Å². The lowest BCUT2D eigenvalue weighted by atomic mass is 10.0. The van der Waals surface area contributed by atoms with Crippen LogP contribution in [0.15, 0.2) is 60.7 Å². The number of amides is 1. The van der Waals surface area contributed by atoms with Crippen molar-refractivity contribution >= 4 is 40.1 Å². The lowest BCUT2D eigenvalue weighted by Crippen LogP contribution is -2.18. The first kappa shape index (κ1) is 20.0. The summed E-state index contributed by atoms with van der Waals surface area (Å²) < 4.78 is 11.6. The maximum absolute atomic E-state index is 12.6. The van der Waals surface area contributed by atoms with Crippen LogP contribution in [0, 0.1) is 12.0 Å². The average Bonchev–Trinajstić information content (AvgIpc) is 3.09. The molecule has 0 saturated heterocycles.